The Balaban J connectivity index is 1.96. The summed E-state index contributed by atoms with van der Waals surface area (Å²) in [7, 11) is 1.67. The van der Waals surface area contributed by atoms with Gasteiger partial charge in [0, 0.05) is 0 Å². The third kappa shape index (κ3) is 1.97. The molecule has 1 fully saturated rings. The maximum absolute atomic E-state index is 10.3. The summed E-state index contributed by atoms with van der Waals surface area (Å²) in [4.78, 5) is 0. The van der Waals surface area contributed by atoms with Crippen LogP contribution in [0.3, 0.4) is 0 Å². The third-order valence-electron chi connectivity index (χ3n) is 3.99. The predicted octanol–water partition coefficient (Wildman–Crippen LogP) is 3.54. The number of hydrogen-bond donors (Lipinski definition) is 1. The normalized spacial score (nSPS) is 23.9. The largest absolute Gasteiger partial charge is 0.497 e. The van der Waals surface area contributed by atoms with Gasteiger partial charge >= 0.3 is 0 Å². The fraction of sp³-hybridized carbons (Fsp3) is 0.375. The summed E-state index contributed by atoms with van der Waals surface area (Å²) in [6.07, 6.45) is 0.827. The van der Waals surface area contributed by atoms with Crippen molar-refractivity contribution in [3.63, 3.8) is 0 Å². The van der Waals surface area contributed by atoms with Gasteiger partial charge in [0.05, 0.1) is 13.2 Å². The van der Waals surface area contributed by atoms with Crippen molar-refractivity contribution in [3.8, 4) is 5.75 Å². The number of fused-ring (bicyclic) bond motifs is 1. The average Bonchev–Trinajstić information content (AvgIpc) is 3.13. The van der Waals surface area contributed by atoms with Crippen molar-refractivity contribution in [1.82, 2.24) is 0 Å². The molecule has 3 atom stereocenters. The highest BCUT2D eigenvalue weighted by Gasteiger charge is 2.39. The summed E-state index contributed by atoms with van der Waals surface area (Å²) in [5.74, 6) is 1.97. The molecule has 0 aromatic heterocycles. The van der Waals surface area contributed by atoms with E-state index in [0.29, 0.717) is 11.8 Å². The van der Waals surface area contributed by atoms with E-state index >= 15 is 0 Å². The molecule has 0 aliphatic heterocycles. The van der Waals surface area contributed by atoms with Crippen LogP contribution in [-0.2, 0) is 0 Å². The van der Waals surface area contributed by atoms with Gasteiger partial charge in [-0.25, -0.2) is 0 Å². The first-order chi connectivity index (χ1) is 8.69. The molecule has 0 radical (unpaired) electrons. The monoisotopic (exact) mass is 242 g/mol. The molecule has 2 aromatic rings. The van der Waals surface area contributed by atoms with Crippen molar-refractivity contribution >= 4 is 10.8 Å². The highest BCUT2D eigenvalue weighted by molar-refractivity contribution is 5.84. The molecule has 3 unspecified atom stereocenters. The summed E-state index contributed by atoms with van der Waals surface area (Å²) >= 11 is 0. The lowest BCUT2D eigenvalue weighted by molar-refractivity contribution is 0.148. The van der Waals surface area contributed by atoms with Gasteiger partial charge < -0.3 is 9.84 Å². The number of rotatable bonds is 3. The van der Waals surface area contributed by atoms with E-state index in [4.69, 9.17) is 4.74 Å². The number of hydrogen-bond acceptors (Lipinski definition) is 2. The Labute approximate surface area is 107 Å². The number of methoxy groups -OCH3 is 1. The average molecular weight is 242 g/mol. The Morgan fingerprint density at radius 3 is 2.50 bits per heavy atom. The predicted molar refractivity (Wildman–Crippen MR) is 72.7 cm³/mol. The second kappa shape index (κ2) is 4.29. The van der Waals surface area contributed by atoms with Gasteiger partial charge in [-0.3, -0.25) is 0 Å². The fourth-order valence-electron chi connectivity index (χ4n) is 2.59. The zero-order valence-corrected chi connectivity index (χ0v) is 10.8. The maximum atomic E-state index is 10.3. The zero-order valence-electron chi connectivity index (χ0n) is 10.8. The number of benzene rings is 2. The van der Waals surface area contributed by atoms with Gasteiger partial charge in [0.2, 0.25) is 0 Å². The first-order valence-electron chi connectivity index (χ1n) is 6.45. The van der Waals surface area contributed by atoms with E-state index in [1.54, 1.807) is 7.11 Å². The summed E-state index contributed by atoms with van der Waals surface area (Å²) in [6.45, 7) is 2.19. The lowest BCUT2D eigenvalue weighted by atomic mass is 10.00. The van der Waals surface area contributed by atoms with Crippen LogP contribution in [0.4, 0.5) is 0 Å². The standard InChI is InChI=1S/C16H18O2/c1-10-7-15(10)16(17)13-4-3-12-9-14(18-2)6-5-11(12)8-13/h3-6,8-10,15-17H,7H2,1-2H3. The quantitative estimate of drug-likeness (QED) is 0.892. The fourth-order valence-corrected chi connectivity index (χ4v) is 2.59. The highest BCUT2D eigenvalue weighted by Crippen LogP contribution is 2.47. The molecule has 0 bridgehead atoms. The molecule has 0 heterocycles. The Morgan fingerprint density at radius 1 is 1.17 bits per heavy atom. The van der Waals surface area contributed by atoms with Crippen molar-refractivity contribution in [3.05, 3.63) is 42.0 Å². The Bertz CT molecular complexity index is 576. The van der Waals surface area contributed by atoms with E-state index in [1.165, 1.54) is 0 Å². The Morgan fingerprint density at radius 2 is 1.83 bits per heavy atom. The van der Waals surface area contributed by atoms with Gasteiger partial charge in [-0.2, -0.15) is 0 Å². The lowest BCUT2D eigenvalue weighted by Gasteiger charge is -2.11. The van der Waals surface area contributed by atoms with Crippen LogP contribution in [-0.4, -0.2) is 12.2 Å². The first kappa shape index (κ1) is 11.5. The van der Waals surface area contributed by atoms with Gasteiger partial charge in [0.15, 0.2) is 0 Å². The van der Waals surface area contributed by atoms with Crippen LogP contribution < -0.4 is 4.74 Å². The Kier molecular flexibility index (Phi) is 2.75. The summed E-state index contributed by atoms with van der Waals surface area (Å²) < 4.78 is 5.21. The van der Waals surface area contributed by atoms with Crippen LogP contribution in [0.15, 0.2) is 36.4 Å². The van der Waals surface area contributed by atoms with E-state index < -0.39 is 0 Å². The van der Waals surface area contributed by atoms with Crippen molar-refractivity contribution in [2.24, 2.45) is 11.8 Å². The third-order valence-corrected chi connectivity index (χ3v) is 3.99. The van der Waals surface area contributed by atoms with E-state index in [0.717, 1.165) is 28.5 Å². The molecule has 1 N–H and O–H groups in total. The van der Waals surface area contributed by atoms with Gasteiger partial charge in [0.1, 0.15) is 5.75 Å². The van der Waals surface area contributed by atoms with Crippen LogP contribution in [0.2, 0.25) is 0 Å². The smallest absolute Gasteiger partial charge is 0.119 e. The molecule has 2 nitrogen and oxygen atoms in total. The van der Waals surface area contributed by atoms with E-state index in [-0.39, 0.29) is 6.10 Å². The zero-order chi connectivity index (χ0) is 12.7. The van der Waals surface area contributed by atoms with Crippen LogP contribution >= 0.6 is 0 Å². The summed E-state index contributed by atoms with van der Waals surface area (Å²) in [5.41, 5.74) is 1.03. The molecule has 94 valence electrons. The van der Waals surface area contributed by atoms with Crippen LogP contribution in [0, 0.1) is 11.8 Å². The van der Waals surface area contributed by atoms with Gasteiger partial charge in [0.25, 0.3) is 0 Å². The highest BCUT2D eigenvalue weighted by atomic mass is 16.5. The van der Waals surface area contributed by atoms with Crippen LogP contribution in [0.5, 0.6) is 5.75 Å². The Hall–Kier alpha value is -1.54. The second-order valence-corrected chi connectivity index (χ2v) is 5.29. The van der Waals surface area contributed by atoms with Crippen molar-refractivity contribution in [2.45, 2.75) is 19.4 Å². The molecular formula is C16H18O2. The minimum atomic E-state index is -0.313. The molecule has 2 aromatic carbocycles. The van der Waals surface area contributed by atoms with E-state index in [2.05, 4.69) is 19.1 Å². The van der Waals surface area contributed by atoms with E-state index in [9.17, 15) is 5.11 Å². The van der Waals surface area contributed by atoms with Gasteiger partial charge in [-0.05, 0) is 52.8 Å². The van der Waals surface area contributed by atoms with Gasteiger partial charge in [-0.1, -0.05) is 25.1 Å². The molecule has 0 saturated heterocycles. The molecular weight excluding hydrogens is 224 g/mol. The molecule has 18 heavy (non-hydrogen) atoms. The van der Waals surface area contributed by atoms with Crippen LogP contribution in [0.1, 0.15) is 25.0 Å². The summed E-state index contributed by atoms with van der Waals surface area (Å²) in [5, 5.41) is 12.6. The SMILES string of the molecule is COc1ccc2cc(C(O)C3CC3C)ccc2c1. The molecule has 0 spiro atoms. The molecule has 1 saturated carbocycles. The molecule has 3 rings (SSSR count). The summed E-state index contributed by atoms with van der Waals surface area (Å²) in [6, 6.07) is 12.2. The van der Waals surface area contributed by atoms with Crippen LogP contribution in [0.25, 0.3) is 10.8 Å². The molecule has 2 heteroatoms. The molecule has 1 aliphatic carbocycles. The maximum Gasteiger partial charge on any atom is 0.119 e. The first-order valence-corrected chi connectivity index (χ1v) is 6.45. The number of ether oxygens (including phenoxy) is 1. The minimum Gasteiger partial charge on any atom is -0.497 e. The van der Waals surface area contributed by atoms with Crippen molar-refractivity contribution < 1.29 is 9.84 Å². The number of aliphatic hydroxyl groups excluding tert-OH is 1. The molecule has 0 amide bonds. The van der Waals surface area contributed by atoms with E-state index in [1.807, 2.05) is 24.3 Å². The van der Waals surface area contributed by atoms with Crippen molar-refractivity contribution in [2.75, 3.05) is 7.11 Å². The molecule has 1 aliphatic rings. The minimum absolute atomic E-state index is 0.313. The topological polar surface area (TPSA) is 29.5 Å². The number of aliphatic hydroxyl groups is 1. The van der Waals surface area contributed by atoms with Gasteiger partial charge in [-0.15, -0.1) is 0 Å². The second-order valence-electron chi connectivity index (χ2n) is 5.29. The lowest BCUT2D eigenvalue weighted by Crippen LogP contribution is -2.00. The van der Waals surface area contributed by atoms with Crippen molar-refractivity contribution in [1.29, 1.82) is 0 Å².